The minimum atomic E-state index is -0.560. The van der Waals surface area contributed by atoms with Crippen LogP contribution in [0, 0.1) is 0 Å². The van der Waals surface area contributed by atoms with Crippen LogP contribution in [0.5, 0.6) is 0 Å². The maximum atomic E-state index is 11.1. The number of rotatable bonds is 6. The zero-order chi connectivity index (χ0) is 20.8. The van der Waals surface area contributed by atoms with Gasteiger partial charge >= 0.3 is 0 Å². The predicted molar refractivity (Wildman–Crippen MR) is 115 cm³/mol. The third kappa shape index (κ3) is 5.60. The number of aliphatic imine (C=N–C) groups is 1. The van der Waals surface area contributed by atoms with E-state index in [1.54, 1.807) is 19.2 Å². The molecule has 156 valence electrons. The number of benzene rings is 1. The summed E-state index contributed by atoms with van der Waals surface area (Å²) in [7, 11) is 1.78. The van der Waals surface area contributed by atoms with E-state index in [9.17, 15) is 4.79 Å². The van der Waals surface area contributed by atoms with Crippen molar-refractivity contribution in [3.05, 3.63) is 59.0 Å². The molecule has 1 fully saturated rings. The number of hydrogen-bond acceptors (Lipinski definition) is 4. The Morgan fingerprint density at radius 2 is 1.83 bits per heavy atom. The summed E-state index contributed by atoms with van der Waals surface area (Å²) in [6, 6.07) is 12.3. The van der Waals surface area contributed by atoms with Crippen molar-refractivity contribution >= 4 is 11.9 Å². The zero-order valence-electron chi connectivity index (χ0n) is 17.5. The van der Waals surface area contributed by atoms with Crippen molar-refractivity contribution in [1.82, 2.24) is 15.1 Å². The topological polar surface area (TPSA) is 87.1 Å². The lowest BCUT2D eigenvalue weighted by Gasteiger charge is -2.36. The zero-order valence-corrected chi connectivity index (χ0v) is 17.5. The number of furan rings is 1. The summed E-state index contributed by atoms with van der Waals surface area (Å²) in [5.74, 6) is 1.67. The van der Waals surface area contributed by atoms with E-state index in [1.165, 1.54) is 11.1 Å². The van der Waals surface area contributed by atoms with Crippen LogP contribution in [0.2, 0.25) is 0 Å². The highest BCUT2D eigenvalue weighted by atomic mass is 16.3. The van der Waals surface area contributed by atoms with Crippen LogP contribution in [-0.2, 0) is 13.1 Å². The van der Waals surface area contributed by atoms with Gasteiger partial charge in [0, 0.05) is 39.8 Å². The molecule has 0 saturated carbocycles. The Bertz CT molecular complexity index is 833. The molecule has 0 spiro atoms. The van der Waals surface area contributed by atoms with E-state index < -0.39 is 5.91 Å². The third-order valence-electron chi connectivity index (χ3n) is 5.26. The fourth-order valence-electron chi connectivity index (χ4n) is 3.49. The molecule has 29 heavy (non-hydrogen) atoms. The third-order valence-corrected chi connectivity index (χ3v) is 5.26. The molecular weight excluding hydrogens is 366 g/mol. The molecule has 0 bridgehead atoms. The van der Waals surface area contributed by atoms with Gasteiger partial charge in [0.1, 0.15) is 5.76 Å². The van der Waals surface area contributed by atoms with Gasteiger partial charge in [0.25, 0.3) is 5.91 Å². The van der Waals surface area contributed by atoms with E-state index in [0.29, 0.717) is 18.2 Å². The van der Waals surface area contributed by atoms with Gasteiger partial charge in [0.2, 0.25) is 0 Å². The number of carbonyl (C=O) groups is 1. The number of nitrogens with zero attached hydrogens (tertiary/aromatic N) is 3. The highest BCUT2D eigenvalue weighted by Crippen LogP contribution is 2.16. The fourth-order valence-corrected chi connectivity index (χ4v) is 3.49. The molecular formula is C22H31N5O2. The van der Waals surface area contributed by atoms with Gasteiger partial charge in [-0.25, -0.2) is 0 Å². The minimum Gasteiger partial charge on any atom is -0.454 e. The first kappa shape index (κ1) is 20.9. The van der Waals surface area contributed by atoms with Crippen LogP contribution in [0.4, 0.5) is 0 Å². The van der Waals surface area contributed by atoms with Gasteiger partial charge in [-0.15, -0.1) is 0 Å². The van der Waals surface area contributed by atoms with Crippen LogP contribution in [0.25, 0.3) is 0 Å². The maximum absolute atomic E-state index is 11.1. The number of carbonyl (C=O) groups excluding carboxylic acids is 1. The van der Waals surface area contributed by atoms with Crippen LogP contribution in [0.3, 0.4) is 0 Å². The molecule has 3 rings (SSSR count). The molecule has 0 aliphatic carbocycles. The monoisotopic (exact) mass is 397 g/mol. The summed E-state index contributed by atoms with van der Waals surface area (Å²) >= 11 is 0. The highest BCUT2D eigenvalue weighted by Gasteiger charge is 2.20. The Balaban J connectivity index is 1.47. The SMILES string of the molecule is CN=C(NCc1ccc(C(N)=O)o1)N1CCN(Cc2ccc(C(C)C)cc2)CC1. The lowest BCUT2D eigenvalue weighted by Crippen LogP contribution is -2.52. The molecule has 7 nitrogen and oxygen atoms in total. The fraction of sp³-hybridized carbons (Fsp3) is 0.455. The molecule has 1 aromatic carbocycles. The van der Waals surface area contributed by atoms with Crippen LogP contribution < -0.4 is 11.1 Å². The van der Waals surface area contributed by atoms with Crippen molar-refractivity contribution in [1.29, 1.82) is 0 Å². The van der Waals surface area contributed by atoms with Crippen LogP contribution in [0.15, 0.2) is 45.8 Å². The number of guanidine groups is 1. The molecule has 0 atom stereocenters. The van der Waals surface area contributed by atoms with Gasteiger partial charge < -0.3 is 20.4 Å². The Morgan fingerprint density at radius 1 is 1.14 bits per heavy atom. The molecule has 1 saturated heterocycles. The Hall–Kier alpha value is -2.80. The standard InChI is InChI=1S/C22H31N5O2/c1-16(2)18-6-4-17(5-7-18)15-26-10-12-27(13-11-26)22(24-3)25-14-19-8-9-20(29-19)21(23)28/h4-9,16H,10-15H2,1-3H3,(H2,23,28)(H,24,25). The molecule has 0 unspecified atom stereocenters. The van der Waals surface area contributed by atoms with Crippen LogP contribution in [0.1, 0.15) is 47.2 Å². The quantitative estimate of drug-likeness (QED) is 0.577. The summed E-state index contributed by atoms with van der Waals surface area (Å²) < 4.78 is 5.42. The number of primary amides is 1. The molecule has 2 aromatic rings. The van der Waals surface area contributed by atoms with Crippen molar-refractivity contribution in [2.24, 2.45) is 10.7 Å². The van der Waals surface area contributed by atoms with E-state index in [4.69, 9.17) is 10.2 Å². The molecule has 0 radical (unpaired) electrons. The number of amides is 1. The van der Waals surface area contributed by atoms with Crippen LogP contribution in [-0.4, -0.2) is 54.9 Å². The second kappa shape index (κ2) is 9.60. The molecule has 3 N–H and O–H groups in total. The van der Waals surface area contributed by atoms with E-state index in [1.807, 2.05) is 0 Å². The molecule has 1 aliphatic rings. The van der Waals surface area contributed by atoms with E-state index in [0.717, 1.165) is 38.7 Å². The Labute approximate surface area is 172 Å². The van der Waals surface area contributed by atoms with Gasteiger partial charge in [-0.05, 0) is 29.2 Å². The first-order chi connectivity index (χ1) is 14.0. The average molecular weight is 398 g/mol. The number of piperazine rings is 1. The van der Waals surface area contributed by atoms with Crippen molar-refractivity contribution in [2.75, 3.05) is 33.2 Å². The van der Waals surface area contributed by atoms with Gasteiger partial charge in [-0.1, -0.05) is 38.1 Å². The number of hydrogen-bond donors (Lipinski definition) is 2. The number of nitrogens with two attached hydrogens (primary N) is 1. The van der Waals surface area contributed by atoms with Crippen LogP contribution >= 0.6 is 0 Å². The second-order valence-electron chi connectivity index (χ2n) is 7.69. The molecule has 1 amide bonds. The van der Waals surface area contributed by atoms with Gasteiger partial charge in [0.05, 0.1) is 6.54 Å². The van der Waals surface area contributed by atoms with Crippen molar-refractivity contribution in [2.45, 2.75) is 32.9 Å². The smallest absolute Gasteiger partial charge is 0.284 e. The first-order valence-electron chi connectivity index (χ1n) is 10.1. The first-order valence-corrected chi connectivity index (χ1v) is 10.1. The Morgan fingerprint density at radius 3 is 2.38 bits per heavy atom. The van der Waals surface area contributed by atoms with Gasteiger partial charge in [0.15, 0.2) is 11.7 Å². The average Bonchev–Trinajstić information content (AvgIpc) is 3.19. The lowest BCUT2D eigenvalue weighted by atomic mass is 10.0. The molecule has 1 aliphatic heterocycles. The van der Waals surface area contributed by atoms with Crippen molar-refractivity contribution in [3.63, 3.8) is 0 Å². The van der Waals surface area contributed by atoms with Gasteiger partial charge in [-0.2, -0.15) is 0 Å². The van der Waals surface area contributed by atoms with Gasteiger partial charge in [-0.3, -0.25) is 14.7 Å². The second-order valence-corrected chi connectivity index (χ2v) is 7.69. The van der Waals surface area contributed by atoms with E-state index in [2.05, 4.69) is 58.2 Å². The summed E-state index contributed by atoms with van der Waals surface area (Å²) in [5.41, 5.74) is 7.96. The summed E-state index contributed by atoms with van der Waals surface area (Å²) in [6.07, 6.45) is 0. The predicted octanol–water partition coefficient (Wildman–Crippen LogP) is 2.40. The summed E-state index contributed by atoms with van der Waals surface area (Å²) in [4.78, 5) is 20.2. The molecule has 2 heterocycles. The Kier molecular flexibility index (Phi) is 6.93. The molecule has 1 aromatic heterocycles. The van der Waals surface area contributed by atoms with E-state index >= 15 is 0 Å². The lowest BCUT2D eigenvalue weighted by molar-refractivity contribution is 0.0972. The maximum Gasteiger partial charge on any atom is 0.284 e. The molecule has 7 heteroatoms. The number of nitrogens with one attached hydrogen (secondary N) is 1. The van der Waals surface area contributed by atoms with Crippen molar-refractivity contribution < 1.29 is 9.21 Å². The minimum absolute atomic E-state index is 0.173. The van der Waals surface area contributed by atoms with E-state index in [-0.39, 0.29) is 5.76 Å². The normalized spacial score (nSPS) is 15.7. The summed E-state index contributed by atoms with van der Waals surface area (Å²) in [5, 5.41) is 3.30. The largest absolute Gasteiger partial charge is 0.454 e. The highest BCUT2D eigenvalue weighted by molar-refractivity contribution is 5.89. The van der Waals surface area contributed by atoms with Crippen molar-refractivity contribution in [3.8, 4) is 0 Å². The summed E-state index contributed by atoms with van der Waals surface area (Å²) in [6.45, 7) is 9.67.